The third kappa shape index (κ3) is 7.35. The molecule has 0 bridgehead atoms. The highest BCUT2D eigenvalue weighted by atomic mass is 16.5. The van der Waals surface area contributed by atoms with Crippen LogP contribution < -0.4 is 9.47 Å². The minimum atomic E-state index is 0.292. The molecule has 0 N–H and O–H groups in total. The van der Waals surface area contributed by atoms with Crippen LogP contribution in [-0.2, 0) is 17.8 Å². The van der Waals surface area contributed by atoms with E-state index < -0.39 is 0 Å². The summed E-state index contributed by atoms with van der Waals surface area (Å²) < 4.78 is 11.3. The van der Waals surface area contributed by atoms with E-state index in [1.54, 1.807) is 7.11 Å². The zero-order valence-electron chi connectivity index (χ0n) is 17.7. The van der Waals surface area contributed by atoms with Gasteiger partial charge in [-0.3, -0.25) is 4.79 Å². The lowest BCUT2D eigenvalue weighted by molar-refractivity contribution is -0.119. The molecule has 2 rings (SSSR count). The number of hydrogen-bond donors (Lipinski definition) is 0. The number of carbonyl (C=O) groups is 1. The molecule has 0 heterocycles. The Balaban J connectivity index is 1.78. The lowest BCUT2D eigenvalue weighted by Gasteiger charge is -2.18. The van der Waals surface area contributed by atoms with E-state index in [0.29, 0.717) is 25.2 Å². The number of aryl methyl sites for hydroxylation is 2. The normalized spacial score (nSPS) is 10.9. The average Bonchev–Trinajstić information content (AvgIpc) is 2.71. The summed E-state index contributed by atoms with van der Waals surface area (Å²) in [7, 11) is 3.74. The van der Waals surface area contributed by atoms with E-state index in [-0.39, 0.29) is 0 Å². The van der Waals surface area contributed by atoms with Crippen molar-refractivity contribution in [1.29, 1.82) is 0 Å². The van der Waals surface area contributed by atoms with Gasteiger partial charge in [0.15, 0.2) is 0 Å². The molecule has 0 saturated heterocycles. The molecular formula is C24H33NO3. The Hall–Kier alpha value is -2.33. The summed E-state index contributed by atoms with van der Waals surface area (Å²) >= 11 is 0. The molecule has 0 fully saturated rings. The number of rotatable bonds is 12. The molecule has 0 amide bonds. The summed E-state index contributed by atoms with van der Waals surface area (Å²) in [5, 5.41) is 0. The van der Waals surface area contributed by atoms with Crippen molar-refractivity contribution < 1.29 is 14.3 Å². The molecule has 0 radical (unpaired) electrons. The smallest absolute Gasteiger partial charge is 0.133 e. The number of ketones is 1. The molecule has 0 aliphatic carbocycles. The van der Waals surface area contributed by atoms with Crippen LogP contribution in [0, 0.1) is 6.92 Å². The number of Topliss-reactive ketones (excluding diaryl/α,β-unsaturated/α-hetero) is 1. The molecule has 0 unspecified atom stereocenters. The lowest BCUT2D eigenvalue weighted by Crippen LogP contribution is -2.17. The van der Waals surface area contributed by atoms with Gasteiger partial charge in [-0.25, -0.2) is 0 Å². The second-order valence-electron chi connectivity index (χ2n) is 7.28. The number of hydrogen-bond acceptors (Lipinski definition) is 4. The minimum Gasteiger partial charge on any atom is -0.497 e. The van der Waals surface area contributed by atoms with Gasteiger partial charge >= 0.3 is 0 Å². The highest BCUT2D eigenvalue weighted by molar-refractivity contribution is 5.78. The summed E-state index contributed by atoms with van der Waals surface area (Å²) in [5.74, 6) is 1.92. The summed E-state index contributed by atoms with van der Waals surface area (Å²) in [6.07, 6.45) is 2.69. The first kappa shape index (κ1) is 22.0. The van der Waals surface area contributed by atoms with Gasteiger partial charge in [0, 0.05) is 31.0 Å². The van der Waals surface area contributed by atoms with Crippen LogP contribution in [0.1, 0.15) is 42.9 Å². The van der Waals surface area contributed by atoms with Crippen molar-refractivity contribution in [2.75, 3.05) is 27.3 Å². The standard InChI is InChI=1S/C24H33NO3/c1-5-25(3)18-21-13-15-23(27-4)17-24(21)28-16-6-7-22(26)14-12-20-10-8-19(2)9-11-20/h8-11,13,15,17H,5-7,12,14,16,18H2,1-4H3. The Morgan fingerprint density at radius 2 is 1.82 bits per heavy atom. The third-order valence-corrected chi connectivity index (χ3v) is 4.93. The summed E-state index contributed by atoms with van der Waals surface area (Å²) in [6.45, 7) is 6.54. The molecule has 0 aliphatic rings. The fourth-order valence-electron chi connectivity index (χ4n) is 2.94. The zero-order chi connectivity index (χ0) is 20.4. The molecule has 2 aromatic rings. The monoisotopic (exact) mass is 383 g/mol. The van der Waals surface area contributed by atoms with Gasteiger partial charge < -0.3 is 14.4 Å². The van der Waals surface area contributed by atoms with E-state index in [9.17, 15) is 4.79 Å². The molecule has 0 spiro atoms. The Bertz CT molecular complexity index is 740. The molecular weight excluding hydrogens is 350 g/mol. The lowest BCUT2D eigenvalue weighted by atomic mass is 10.0. The van der Waals surface area contributed by atoms with Crippen LogP contribution in [0.4, 0.5) is 0 Å². The predicted octanol–water partition coefficient (Wildman–Crippen LogP) is 4.82. The quantitative estimate of drug-likeness (QED) is 0.493. The van der Waals surface area contributed by atoms with Crippen molar-refractivity contribution in [2.45, 2.75) is 46.1 Å². The second-order valence-corrected chi connectivity index (χ2v) is 7.28. The molecule has 152 valence electrons. The van der Waals surface area contributed by atoms with Crippen LogP contribution >= 0.6 is 0 Å². The van der Waals surface area contributed by atoms with Crippen LogP contribution in [0.25, 0.3) is 0 Å². The fourth-order valence-corrected chi connectivity index (χ4v) is 2.94. The molecule has 0 aromatic heterocycles. The highest BCUT2D eigenvalue weighted by Gasteiger charge is 2.09. The largest absolute Gasteiger partial charge is 0.497 e. The van der Waals surface area contributed by atoms with Crippen molar-refractivity contribution in [3.63, 3.8) is 0 Å². The van der Waals surface area contributed by atoms with Crippen LogP contribution in [0.15, 0.2) is 42.5 Å². The molecule has 28 heavy (non-hydrogen) atoms. The van der Waals surface area contributed by atoms with Gasteiger partial charge in [0.2, 0.25) is 0 Å². The SMILES string of the molecule is CCN(C)Cc1ccc(OC)cc1OCCCC(=O)CCc1ccc(C)cc1. The van der Waals surface area contributed by atoms with E-state index in [2.05, 4.69) is 50.1 Å². The van der Waals surface area contributed by atoms with E-state index in [1.165, 1.54) is 11.1 Å². The second kappa shape index (κ2) is 11.5. The molecule has 4 nitrogen and oxygen atoms in total. The number of methoxy groups -OCH3 is 1. The summed E-state index contributed by atoms with van der Waals surface area (Å²) in [6, 6.07) is 14.3. The molecule has 4 heteroatoms. The van der Waals surface area contributed by atoms with Crippen LogP contribution in [0.3, 0.4) is 0 Å². The molecule has 2 aromatic carbocycles. The van der Waals surface area contributed by atoms with Crippen molar-refractivity contribution in [3.8, 4) is 11.5 Å². The molecule has 0 atom stereocenters. The molecule has 0 saturated carbocycles. The Labute approximate surface area is 169 Å². The van der Waals surface area contributed by atoms with Crippen LogP contribution in [0.2, 0.25) is 0 Å². The third-order valence-electron chi connectivity index (χ3n) is 4.93. The Kier molecular flexibility index (Phi) is 9.02. The van der Waals surface area contributed by atoms with Crippen molar-refractivity contribution >= 4 is 5.78 Å². The Morgan fingerprint density at radius 3 is 2.50 bits per heavy atom. The summed E-state index contributed by atoms with van der Waals surface area (Å²) in [4.78, 5) is 14.4. The predicted molar refractivity (Wildman–Crippen MR) is 114 cm³/mol. The number of carbonyl (C=O) groups excluding carboxylic acids is 1. The van der Waals surface area contributed by atoms with Crippen LogP contribution in [0.5, 0.6) is 11.5 Å². The maximum absolute atomic E-state index is 12.2. The van der Waals surface area contributed by atoms with Crippen molar-refractivity contribution in [1.82, 2.24) is 4.90 Å². The number of benzene rings is 2. The van der Waals surface area contributed by atoms with Gasteiger partial charge in [0.25, 0.3) is 0 Å². The fraction of sp³-hybridized carbons (Fsp3) is 0.458. The van der Waals surface area contributed by atoms with E-state index in [0.717, 1.165) is 43.0 Å². The van der Waals surface area contributed by atoms with Gasteiger partial charge in [-0.2, -0.15) is 0 Å². The van der Waals surface area contributed by atoms with Crippen molar-refractivity contribution in [3.05, 3.63) is 59.2 Å². The van der Waals surface area contributed by atoms with Crippen molar-refractivity contribution in [2.24, 2.45) is 0 Å². The highest BCUT2D eigenvalue weighted by Crippen LogP contribution is 2.26. The van der Waals surface area contributed by atoms with Gasteiger partial charge in [-0.1, -0.05) is 42.8 Å². The topological polar surface area (TPSA) is 38.8 Å². The first-order chi connectivity index (χ1) is 13.5. The minimum absolute atomic E-state index is 0.292. The van der Waals surface area contributed by atoms with E-state index in [4.69, 9.17) is 9.47 Å². The number of nitrogens with zero attached hydrogens (tertiary/aromatic N) is 1. The van der Waals surface area contributed by atoms with Crippen LogP contribution in [-0.4, -0.2) is 38.0 Å². The van der Waals surface area contributed by atoms with Gasteiger partial charge in [0.05, 0.1) is 13.7 Å². The zero-order valence-corrected chi connectivity index (χ0v) is 17.7. The van der Waals surface area contributed by atoms with Gasteiger partial charge in [-0.15, -0.1) is 0 Å². The molecule has 0 aliphatic heterocycles. The maximum atomic E-state index is 12.2. The van der Waals surface area contributed by atoms with E-state index >= 15 is 0 Å². The average molecular weight is 384 g/mol. The van der Waals surface area contributed by atoms with E-state index in [1.807, 2.05) is 18.2 Å². The maximum Gasteiger partial charge on any atom is 0.133 e. The first-order valence-corrected chi connectivity index (χ1v) is 10.1. The van der Waals surface area contributed by atoms with Gasteiger partial charge in [0.1, 0.15) is 17.3 Å². The number of ether oxygens (including phenoxy) is 2. The van der Waals surface area contributed by atoms with Gasteiger partial charge in [-0.05, 0) is 45.0 Å². The first-order valence-electron chi connectivity index (χ1n) is 10.1. The summed E-state index contributed by atoms with van der Waals surface area (Å²) in [5.41, 5.74) is 3.60. The Morgan fingerprint density at radius 1 is 1.07 bits per heavy atom.